The molecular weight excluding hydrogens is 649 g/mol. The lowest BCUT2D eigenvalue weighted by atomic mass is 9.89. The normalized spacial score (nSPS) is 24.1. The van der Waals surface area contributed by atoms with Crippen molar-refractivity contribution in [2.75, 3.05) is 32.6 Å². The number of methoxy groups -OCH3 is 1. The van der Waals surface area contributed by atoms with Crippen molar-refractivity contribution >= 4 is 50.7 Å². The van der Waals surface area contributed by atoms with Gasteiger partial charge < -0.3 is 19.5 Å². The quantitative estimate of drug-likeness (QED) is 0.378. The van der Waals surface area contributed by atoms with Gasteiger partial charge in [0.25, 0.3) is 0 Å². The number of thiazole rings is 1. The summed E-state index contributed by atoms with van der Waals surface area (Å²) in [5.41, 5.74) is 0.342. The molecule has 4 heterocycles. The number of halogens is 2. The summed E-state index contributed by atoms with van der Waals surface area (Å²) in [4.78, 5) is 36.9. The molecule has 16 heteroatoms. The van der Waals surface area contributed by atoms with Gasteiger partial charge in [0.2, 0.25) is 10.0 Å². The third-order valence-electron chi connectivity index (χ3n) is 7.51. The minimum atomic E-state index is -3.96. The summed E-state index contributed by atoms with van der Waals surface area (Å²) in [5, 5.41) is 5.78. The van der Waals surface area contributed by atoms with Crippen LogP contribution in [-0.2, 0) is 33.8 Å². The number of nitrogens with one attached hydrogen (secondary N) is 2. The van der Waals surface area contributed by atoms with Crippen molar-refractivity contribution in [3.63, 3.8) is 0 Å². The van der Waals surface area contributed by atoms with E-state index in [9.17, 15) is 22.4 Å². The number of hydrogen-bond donors (Lipinski definition) is 2. The van der Waals surface area contributed by atoms with Crippen molar-refractivity contribution in [1.82, 2.24) is 19.9 Å². The maximum absolute atomic E-state index is 14.0. The van der Waals surface area contributed by atoms with Crippen molar-refractivity contribution in [3.05, 3.63) is 62.5 Å². The maximum Gasteiger partial charge on any atom is 0.338 e. The van der Waals surface area contributed by atoms with E-state index in [0.717, 1.165) is 0 Å². The molecule has 4 atom stereocenters. The number of morpholine rings is 1. The van der Waals surface area contributed by atoms with Crippen molar-refractivity contribution in [2.24, 2.45) is 4.99 Å². The summed E-state index contributed by atoms with van der Waals surface area (Å²) in [6.45, 7) is 5.94. The Kier molecular flexibility index (Phi) is 9.96. The number of aromatic nitrogens is 1. The van der Waals surface area contributed by atoms with E-state index in [1.807, 2.05) is 0 Å². The first kappa shape index (κ1) is 33.4. The molecule has 0 saturated carbocycles. The molecule has 2 aromatic rings. The number of carbonyl (C=O) groups excluding carboxylic acids is 2. The molecule has 12 nitrogen and oxygen atoms in total. The molecule has 2 saturated heterocycles. The minimum Gasteiger partial charge on any atom is -0.466 e. The number of esters is 2. The van der Waals surface area contributed by atoms with E-state index in [-0.39, 0.29) is 29.2 Å². The molecule has 0 radical (unpaired) electrons. The van der Waals surface area contributed by atoms with Gasteiger partial charge in [-0.15, -0.1) is 11.3 Å². The molecule has 5 rings (SSSR count). The molecule has 0 aliphatic carbocycles. The van der Waals surface area contributed by atoms with Crippen LogP contribution in [-0.4, -0.2) is 92.4 Å². The molecule has 3 aliphatic rings. The second-order valence-electron chi connectivity index (χ2n) is 12.0. The van der Waals surface area contributed by atoms with Crippen LogP contribution in [0.1, 0.15) is 50.2 Å². The Bertz CT molecular complexity index is 1600. The predicted octanol–water partition coefficient (Wildman–Crippen LogP) is 2.95. The highest BCUT2D eigenvalue weighted by molar-refractivity contribution is 7.90. The zero-order valence-electron chi connectivity index (χ0n) is 25.2. The Morgan fingerprint density at radius 1 is 1.24 bits per heavy atom. The lowest BCUT2D eigenvalue weighted by Crippen LogP contribution is -2.62. The highest BCUT2D eigenvalue weighted by Gasteiger charge is 2.43. The molecule has 244 valence electrons. The van der Waals surface area contributed by atoms with E-state index in [2.05, 4.69) is 19.9 Å². The van der Waals surface area contributed by atoms with E-state index in [1.54, 1.807) is 32.3 Å². The van der Waals surface area contributed by atoms with Crippen molar-refractivity contribution in [1.29, 1.82) is 0 Å². The summed E-state index contributed by atoms with van der Waals surface area (Å²) in [7, 11) is -2.69. The molecular formula is C29H35ClFN5O7S2. The van der Waals surface area contributed by atoms with Crippen LogP contribution in [0.3, 0.4) is 0 Å². The van der Waals surface area contributed by atoms with Crippen molar-refractivity contribution in [3.8, 4) is 0 Å². The summed E-state index contributed by atoms with van der Waals surface area (Å²) in [6.07, 6.45) is 2.46. The number of nitrogens with zero attached hydrogens (tertiary/aromatic N) is 3. The van der Waals surface area contributed by atoms with Gasteiger partial charge in [0, 0.05) is 52.5 Å². The van der Waals surface area contributed by atoms with Gasteiger partial charge in [0.1, 0.15) is 17.5 Å². The fourth-order valence-electron chi connectivity index (χ4n) is 5.82. The number of carbonyl (C=O) groups is 2. The molecule has 1 aromatic carbocycles. The predicted molar refractivity (Wildman–Crippen MR) is 166 cm³/mol. The highest BCUT2D eigenvalue weighted by Crippen LogP contribution is 2.38. The van der Waals surface area contributed by atoms with Crippen LogP contribution in [0.25, 0.3) is 0 Å². The average molecular weight is 684 g/mol. The molecule has 0 spiro atoms. The van der Waals surface area contributed by atoms with Crippen LogP contribution in [0.4, 0.5) is 4.39 Å². The number of benzene rings is 1. The van der Waals surface area contributed by atoms with Crippen molar-refractivity contribution in [2.45, 2.75) is 63.4 Å². The molecule has 1 unspecified atom stereocenters. The Labute approximate surface area is 270 Å². The highest BCUT2D eigenvalue weighted by atomic mass is 35.5. The molecule has 2 N–H and O–H groups in total. The topological polar surface area (TPSA) is 149 Å². The lowest BCUT2D eigenvalue weighted by molar-refractivity contribution is -0.151. The van der Waals surface area contributed by atoms with E-state index in [0.29, 0.717) is 48.2 Å². The Balaban J connectivity index is 1.42. The number of sulfonamides is 1. The lowest BCUT2D eigenvalue weighted by Gasteiger charge is -2.49. The summed E-state index contributed by atoms with van der Waals surface area (Å²) in [6, 6.07) is 2.15. The number of hydrogen-bond acceptors (Lipinski definition) is 12. The third-order valence-corrected chi connectivity index (χ3v) is 9.93. The van der Waals surface area contributed by atoms with Crippen LogP contribution in [0.2, 0.25) is 5.02 Å². The number of ether oxygens (including phenoxy) is 3. The molecule has 2 bridgehead atoms. The van der Waals surface area contributed by atoms with Crippen LogP contribution in [0, 0.1) is 5.82 Å². The Morgan fingerprint density at radius 2 is 1.96 bits per heavy atom. The molecule has 45 heavy (non-hydrogen) atoms. The second-order valence-corrected chi connectivity index (χ2v) is 15.1. The Morgan fingerprint density at radius 3 is 2.56 bits per heavy atom. The van der Waals surface area contributed by atoms with Crippen LogP contribution in [0.5, 0.6) is 0 Å². The van der Waals surface area contributed by atoms with Gasteiger partial charge in [-0.1, -0.05) is 17.7 Å². The first-order chi connectivity index (χ1) is 21.2. The Hall–Kier alpha value is -2.95. The third kappa shape index (κ3) is 8.07. The fourth-order valence-corrected chi connectivity index (χ4v) is 7.83. The van der Waals surface area contributed by atoms with Crippen LogP contribution < -0.4 is 10.0 Å². The number of rotatable bonds is 9. The number of aliphatic imine (C=N–C) groups is 1. The van der Waals surface area contributed by atoms with Gasteiger partial charge >= 0.3 is 11.9 Å². The molecule has 2 fully saturated rings. The molecule has 3 aliphatic heterocycles. The summed E-state index contributed by atoms with van der Waals surface area (Å²) >= 11 is 7.83. The van der Waals surface area contributed by atoms with E-state index < -0.39 is 51.2 Å². The van der Waals surface area contributed by atoms with E-state index in [4.69, 9.17) is 30.8 Å². The second kappa shape index (κ2) is 13.4. The zero-order chi connectivity index (χ0) is 32.5. The van der Waals surface area contributed by atoms with Gasteiger partial charge in [-0.05, 0) is 45.7 Å². The van der Waals surface area contributed by atoms with E-state index in [1.165, 1.54) is 36.6 Å². The van der Waals surface area contributed by atoms with Gasteiger partial charge in [-0.25, -0.2) is 27.3 Å². The molecule has 1 aromatic heterocycles. The smallest absolute Gasteiger partial charge is 0.338 e. The standard InChI is InChI=1S/C29H35ClFN5O7S2/c1-29(2,3)43-23(37)15-45(39,40)35-17-10-18-13-42-14-19(11-17)36(18)12-22-24(28(38)41-4)25(20-6-5-16(31)9-21(20)30)34-26(33-22)27-32-7-8-44-27/h5-9,17-19,25,35H,10-15H2,1-4H3,(H,33,34)/t17?,18-,19+,25-/m0/s1. The largest absolute Gasteiger partial charge is 0.466 e. The van der Waals surface area contributed by atoms with Crippen LogP contribution in [0.15, 0.2) is 46.0 Å². The first-order valence-corrected chi connectivity index (χ1v) is 17.2. The van der Waals surface area contributed by atoms with Gasteiger partial charge in [0.05, 0.1) is 25.9 Å². The van der Waals surface area contributed by atoms with Gasteiger partial charge in [-0.3, -0.25) is 14.7 Å². The number of piperidine rings is 1. The van der Waals surface area contributed by atoms with Crippen molar-refractivity contribution < 1.29 is 36.6 Å². The van der Waals surface area contributed by atoms with Gasteiger partial charge in [0.15, 0.2) is 16.6 Å². The van der Waals surface area contributed by atoms with Crippen LogP contribution >= 0.6 is 22.9 Å². The maximum atomic E-state index is 14.0. The number of fused-ring (bicyclic) bond motifs is 2. The van der Waals surface area contributed by atoms with E-state index >= 15 is 0 Å². The SMILES string of the molecule is COC(=O)C1=C(CN2[C@@H]3COC[C@H]2CC(NS(=O)(=O)CC(=O)OC(C)(C)C)C3)NC(c2nccs2)=N[C@H]1c1ccc(F)cc1Cl. The average Bonchev–Trinajstić information content (AvgIpc) is 3.46. The first-order valence-electron chi connectivity index (χ1n) is 14.3. The summed E-state index contributed by atoms with van der Waals surface area (Å²) < 4.78 is 58.6. The monoisotopic (exact) mass is 683 g/mol. The fraction of sp³-hybridized carbons (Fsp3) is 0.517. The number of amidine groups is 1. The molecule has 0 amide bonds. The van der Waals surface area contributed by atoms with Gasteiger partial charge in [-0.2, -0.15) is 0 Å². The minimum absolute atomic E-state index is 0.106. The summed E-state index contributed by atoms with van der Waals surface area (Å²) in [5.74, 6) is -2.33. The zero-order valence-corrected chi connectivity index (χ0v) is 27.6.